The fourth-order valence-electron chi connectivity index (χ4n) is 2.78. The molecule has 1 N–H and O–H groups in total. The first kappa shape index (κ1) is 18.0. The predicted octanol–water partition coefficient (Wildman–Crippen LogP) is 4.32. The summed E-state index contributed by atoms with van der Waals surface area (Å²) >= 11 is 3.41. The maximum absolute atomic E-state index is 12.6. The molecule has 7 heteroatoms. The van der Waals surface area contributed by atoms with Crippen LogP contribution in [0.2, 0.25) is 0 Å². The Balaban J connectivity index is 1.47. The molecule has 1 heterocycles. The average Bonchev–Trinajstić information content (AvgIpc) is 3.15. The number of sulfonamides is 1. The van der Waals surface area contributed by atoms with Crippen LogP contribution in [0.25, 0.3) is 11.1 Å². The van der Waals surface area contributed by atoms with Crippen molar-refractivity contribution in [2.75, 3.05) is 6.79 Å². The lowest BCUT2D eigenvalue weighted by atomic mass is 10.1. The van der Waals surface area contributed by atoms with Gasteiger partial charge in [-0.1, -0.05) is 46.3 Å². The van der Waals surface area contributed by atoms with E-state index in [2.05, 4.69) is 20.7 Å². The molecule has 27 heavy (non-hydrogen) atoms. The van der Waals surface area contributed by atoms with Gasteiger partial charge in [-0.2, -0.15) is 0 Å². The summed E-state index contributed by atoms with van der Waals surface area (Å²) < 4.78 is 39.3. The lowest BCUT2D eigenvalue weighted by molar-refractivity contribution is 0.174. The van der Waals surface area contributed by atoms with Gasteiger partial charge < -0.3 is 9.47 Å². The van der Waals surface area contributed by atoms with E-state index in [9.17, 15) is 8.42 Å². The van der Waals surface area contributed by atoms with Gasteiger partial charge in [0.2, 0.25) is 16.8 Å². The van der Waals surface area contributed by atoms with E-state index in [0.717, 1.165) is 21.2 Å². The summed E-state index contributed by atoms with van der Waals surface area (Å²) in [6.07, 6.45) is 0. The van der Waals surface area contributed by atoms with Gasteiger partial charge in [0.1, 0.15) is 0 Å². The van der Waals surface area contributed by atoms with Crippen molar-refractivity contribution < 1.29 is 17.9 Å². The standard InChI is InChI=1S/C20H16BrNO4S/c21-17-6-2-15(3-7-17)16-4-8-18(9-5-16)27(23,24)22-12-14-1-10-19-20(11-14)26-13-25-19/h1-11,22H,12-13H2. The van der Waals surface area contributed by atoms with Gasteiger partial charge in [-0.3, -0.25) is 0 Å². The molecule has 138 valence electrons. The maximum Gasteiger partial charge on any atom is 0.240 e. The smallest absolute Gasteiger partial charge is 0.240 e. The molecule has 1 aliphatic rings. The Kier molecular flexibility index (Phi) is 4.90. The van der Waals surface area contributed by atoms with Crippen molar-refractivity contribution in [1.82, 2.24) is 4.72 Å². The van der Waals surface area contributed by atoms with Crippen LogP contribution >= 0.6 is 15.9 Å². The van der Waals surface area contributed by atoms with Crippen LogP contribution < -0.4 is 14.2 Å². The number of fused-ring (bicyclic) bond motifs is 1. The predicted molar refractivity (Wildman–Crippen MR) is 106 cm³/mol. The second-order valence-electron chi connectivity index (χ2n) is 6.04. The van der Waals surface area contributed by atoms with Gasteiger partial charge in [0.25, 0.3) is 0 Å². The van der Waals surface area contributed by atoms with Crippen molar-refractivity contribution in [3.63, 3.8) is 0 Å². The quantitative estimate of drug-likeness (QED) is 0.634. The average molecular weight is 446 g/mol. The molecule has 0 radical (unpaired) electrons. The van der Waals surface area contributed by atoms with Crippen molar-refractivity contribution in [3.05, 3.63) is 76.8 Å². The zero-order valence-corrected chi connectivity index (χ0v) is 16.6. The Morgan fingerprint density at radius 2 is 1.48 bits per heavy atom. The summed E-state index contributed by atoms with van der Waals surface area (Å²) in [5.74, 6) is 1.30. The Bertz CT molecular complexity index is 1060. The molecule has 1 aliphatic heterocycles. The molecular weight excluding hydrogens is 430 g/mol. The Morgan fingerprint density at radius 3 is 2.19 bits per heavy atom. The van der Waals surface area contributed by atoms with E-state index in [1.165, 1.54) is 0 Å². The maximum atomic E-state index is 12.6. The van der Waals surface area contributed by atoms with Crippen molar-refractivity contribution in [2.45, 2.75) is 11.4 Å². The number of nitrogens with one attached hydrogen (secondary N) is 1. The first-order valence-corrected chi connectivity index (χ1v) is 10.5. The Morgan fingerprint density at radius 1 is 0.852 bits per heavy atom. The molecule has 0 amide bonds. The Labute approximate surface area is 166 Å². The summed E-state index contributed by atoms with van der Waals surface area (Å²) in [7, 11) is -3.61. The first-order valence-electron chi connectivity index (χ1n) is 8.25. The third-order valence-corrected chi connectivity index (χ3v) is 6.19. The van der Waals surface area contributed by atoms with Crippen LogP contribution in [0, 0.1) is 0 Å². The zero-order chi connectivity index (χ0) is 18.9. The van der Waals surface area contributed by atoms with Crippen LogP contribution in [0.1, 0.15) is 5.56 Å². The van der Waals surface area contributed by atoms with E-state index in [-0.39, 0.29) is 18.2 Å². The third kappa shape index (κ3) is 4.00. The van der Waals surface area contributed by atoms with Crippen LogP contribution in [-0.4, -0.2) is 15.2 Å². The molecule has 0 aromatic heterocycles. The minimum atomic E-state index is -3.61. The molecule has 0 unspecified atom stereocenters. The molecule has 0 spiro atoms. The molecule has 4 rings (SSSR count). The molecule has 0 fully saturated rings. The summed E-state index contributed by atoms with van der Waals surface area (Å²) in [4.78, 5) is 0.226. The van der Waals surface area contributed by atoms with Gasteiger partial charge in [0, 0.05) is 11.0 Å². The first-order chi connectivity index (χ1) is 13.0. The largest absolute Gasteiger partial charge is 0.454 e. The second-order valence-corrected chi connectivity index (χ2v) is 8.73. The summed E-state index contributed by atoms with van der Waals surface area (Å²) in [5, 5.41) is 0. The fraction of sp³-hybridized carbons (Fsp3) is 0.100. The number of hydrogen-bond acceptors (Lipinski definition) is 4. The van der Waals surface area contributed by atoms with Gasteiger partial charge >= 0.3 is 0 Å². The van der Waals surface area contributed by atoms with E-state index >= 15 is 0 Å². The van der Waals surface area contributed by atoms with Crippen molar-refractivity contribution in [3.8, 4) is 22.6 Å². The lowest BCUT2D eigenvalue weighted by Crippen LogP contribution is -2.23. The van der Waals surface area contributed by atoms with E-state index in [0.29, 0.717) is 11.5 Å². The van der Waals surface area contributed by atoms with Gasteiger partial charge in [-0.25, -0.2) is 13.1 Å². The monoisotopic (exact) mass is 445 g/mol. The number of ether oxygens (including phenoxy) is 2. The van der Waals surface area contributed by atoms with E-state index in [1.807, 2.05) is 30.3 Å². The van der Waals surface area contributed by atoms with Crippen molar-refractivity contribution in [1.29, 1.82) is 0 Å². The number of benzene rings is 3. The molecule has 0 bridgehead atoms. The normalized spacial score (nSPS) is 12.9. The number of rotatable bonds is 5. The van der Waals surface area contributed by atoms with Crippen LogP contribution in [-0.2, 0) is 16.6 Å². The summed E-state index contributed by atoms with van der Waals surface area (Å²) in [6, 6.07) is 20.1. The fourth-order valence-corrected chi connectivity index (χ4v) is 4.06. The Hall–Kier alpha value is -2.35. The number of hydrogen-bond donors (Lipinski definition) is 1. The minimum absolute atomic E-state index is 0.174. The molecular formula is C20H16BrNO4S. The highest BCUT2D eigenvalue weighted by molar-refractivity contribution is 9.10. The SMILES string of the molecule is O=S(=O)(NCc1ccc2c(c1)OCO2)c1ccc(-c2ccc(Br)cc2)cc1. The molecule has 0 aliphatic carbocycles. The highest BCUT2D eigenvalue weighted by Gasteiger charge is 2.16. The molecule has 0 atom stereocenters. The number of halogens is 1. The third-order valence-electron chi connectivity index (χ3n) is 4.25. The molecule has 0 saturated carbocycles. The van der Waals surface area contributed by atoms with Gasteiger partial charge in [-0.05, 0) is 53.1 Å². The van der Waals surface area contributed by atoms with Crippen LogP contribution in [0.3, 0.4) is 0 Å². The van der Waals surface area contributed by atoms with Gasteiger partial charge in [0.05, 0.1) is 4.90 Å². The molecule has 3 aromatic rings. The topological polar surface area (TPSA) is 64.6 Å². The molecule has 0 saturated heterocycles. The van der Waals surface area contributed by atoms with Crippen molar-refractivity contribution in [2.24, 2.45) is 0 Å². The minimum Gasteiger partial charge on any atom is -0.454 e. The van der Waals surface area contributed by atoms with Crippen LogP contribution in [0.15, 0.2) is 76.1 Å². The van der Waals surface area contributed by atoms with Crippen molar-refractivity contribution >= 4 is 26.0 Å². The zero-order valence-electron chi connectivity index (χ0n) is 14.2. The van der Waals surface area contributed by atoms with Crippen LogP contribution in [0.5, 0.6) is 11.5 Å². The van der Waals surface area contributed by atoms with E-state index < -0.39 is 10.0 Å². The molecule has 3 aromatic carbocycles. The lowest BCUT2D eigenvalue weighted by Gasteiger charge is -2.09. The summed E-state index contributed by atoms with van der Waals surface area (Å²) in [6.45, 7) is 0.364. The van der Waals surface area contributed by atoms with Gasteiger partial charge in [0.15, 0.2) is 11.5 Å². The van der Waals surface area contributed by atoms with E-state index in [1.54, 1.807) is 36.4 Å². The van der Waals surface area contributed by atoms with E-state index in [4.69, 9.17) is 9.47 Å². The summed E-state index contributed by atoms with van der Waals surface area (Å²) in [5.41, 5.74) is 2.78. The molecule has 5 nitrogen and oxygen atoms in total. The highest BCUT2D eigenvalue weighted by Crippen LogP contribution is 2.32. The highest BCUT2D eigenvalue weighted by atomic mass is 79.9. The van der Waals surface area contributed by atoms with Gasteiger partial charge in [-0.15, -0.1) is 0 Å². The van der Waals surface area contributed by atoms with Crippen LogP contribution in [0.4, 0.5) is 0 Å². The second kappa shape index (κ2) is 7.34.